The molecule has 0 amide bonds. The fourth-order valence-corrected chi connectivity index (χ4v) is 5.71. The molecule has 0 bridgehead atoms. The van der Waals surface area contributed by atoms with Crippen molar-refractivity contribution in [1.29, 1.82) is 0 Å². The zero-order valence-electron chi connectivity index (χ0n) is 12.8. The highest BCUT2D eigenvalue weighted by Gasteiger charge is 2.49. The Hall–Kier alpha value is -1.72. The van der Waals surface area contributed by atoms with Gasteiger partial charge in [-0.15, -0.1) is 0 Å². The lowest BCUT2D eigenvalue weighted by molar-refractivity contribution is 0.166. The number of hydrogen-bond acceptors (Lipinski definition) is 4. The average Bonchev–Trinajstić information content (AvgIpc) is 3.03. The second-order valence-electron chi connectivity index (χ2n) is 5.40. The maximum absolute atomic E-state index is 13.2. The Morgan fingerprint density at radius 3 is 2.26 bits per heavy atom. The maximum Gasteiger partial charge on any atom is 0.225 e. The van der Waals surface area contributed by atoms with Gasteiger partial charge in [-0.1, -0.05) is 48.5 Å². The lowest BCUT2D eigenvalue weighted by Gasteiger charge is -2.29. The van der Waals surface area contributed by atoms with E-state index < -0.39 is 14.8 Å². The highest BCUT2D eigenvalue weighted by Crippen LogP contribution is 2.42. The molecule has 3 nitrogen and oxygen atoms in total. The molecule has 1 heterocycles. The van der Waals surface area contributed by atoms with Crippen molar-refractivity contribution in [3.8, 4) is 0 Å². The first-order valence-electron chi connectivity index (χ1n) is 7.32. The van der Waals surface area contributed by atoms with E-state index in [1.54, 1.807) is 24.3 Å². The highest BCUT2D eigenvalue weighted by atomic mass is 32.2. The minimum Gasteiger partial charge on any atom is -0.469 e. The highest BCUT2D eigenvalue weighted by molar-refractivity contribution is 8.00. The molecule has 0 saturated heterocycles. The summed E-state index contributed by atoms with van der Waals surface area (Å²) in [5.74, 6) is 1.02. The van der Waals surface area contributed by atoms with E-state index >= 15 is 0 Å². The second kappa shape index (κ2) is 6.42. The Morgan fingerprint density at radius 1 is 1.04 bits per heavy atom. The summed E-state index contributed by atoms with van der Waals surface area (Å²) in [5.41, 5.74) is 0.902. The predicted octanol–water partition coefficient (Wildman–Crippen LogP) is 3.98. The molecule has 2 aromatic rings. The summed E-state index contributed by atoms with van der Waals surface area (Å²) < 4.78 is 32.4. The molecule has 0 saturated carbocycles. The van der Waals surface area contributed by atoms with Crippen molar-refractivity contribution in [3.63, 3.8) is 0 Å². The van der Waals surface area contributed by atoms with Gasteiger partial charge in [-0.25, -0.2) is 8.42 Å². The van der Waals surface area contributed by atoms with Crippen LogP contribution in [0.5, 0.6) is 0 Å². The smallest absolute Gasteiger partial charge is 0.225 e. The maximum atomic E-state index is 13.2. The third-order valence-electron chi connectivity index (χ3n) is 3.86. The number of benzene rings is 2. The van der Waals surface area contributed by atoms with Crippen LogP contribution in [0.2, 0.25) is 0 Å². The summed E-state index contributed by atoms with van der Waals surface area (Å²) in [7, 11) is -3.60. The van der Waals surface area contributed by atoms with Gasteiger partial charge < -0.3 is 4.74 Å². The monoisotopic (exact) mass is 346 g/mol. The SMILES string of the molecule is CSCC1(S(=O)(=O)c2ccccc2)CC=C(c2ccccc2)O1. The van der Waals surface area contributed by atoms with Gasteiger partial charge in [0, 0.05) is 17.7 Å². The molecule has 0 N–H and O–H groups in total. The van der Waals surface area contributed by atoms with Crippen LogP contribution in [-0.4, -0.2) is 25.4 Å². The molecular formula is C18H18O3S2. The normalized spacial score (nSPS) is 20.8. The lowest BCUT2D eigenvalue weighted by atomic mass is 10.2. The van der Waals surface area contributed by atoms with E-state index in [0.717, 1.165) is 5.56 Å². The van der Waals surface area contributed by atoms with E-state index in [-0.39, 0.29) is 0 Å². The van der Waals surface area contributed by atoms with E-state index in [9.17, 15) is 8.42 Å². The standard InChI is InChI=1S/C18H18O3S2/c1-22-14-18(23(19,20)16-10-6-3-7-11-16)13-12-17(21-18)15-8-4-2-5-9-15/h2-12H,13-14H2,1H3. The Balaban J connectivity index is 1.98. The number of sulfone groups is 1. The van der Waals surface area contributed by atoms with Gasteiger partial charge in [0.15, 0.2) is 0 Å². The van der Waals surface area contributed by atoms with Crippen molar-refractivity contribution in [1.82, 2.24) is 0 Å². The average molecular weight is 346 g/mol. The molecule has 0 radical (unpaired) electrons. The molecular weight excluding hydrogens is 328 g/mol. The van der Waals surface area contributed by atoms with Crippen LogP contribution in [0.1, 0.15) is 12.0 Å². The molecule has 2 aromatic carbocycles. The topological polar surface area (TPSA) is 43.4 Å². The van der Waals surface area contributed by atoms with Gasteiger partial charge in [-0.2, -0.15) is 11.8 Å². The van der Waals surface area contributed by atoms with Crippen LogP contribution < -0.4 is 0 Å². The first-order chi connectivity index (χ1) is 11.1. The van der Waals surface area contributed by atoms with Crippen molar-refractivity contribution >= 4 is 27.4 Å². The quantitative estimate of drug-likeness (QED) is 0.821. The molecule has 0 spiro atoms. The molecule has 0 fully saturated rings. The second-order valence-corrected chi connectivity index (χ2v) is 8.49. The number of rotatable bonds is 5. The fourth-order valence-electron chi connectivity index (χ4n) is 2.68. The third kappa shape index (κ3) is 2.91. The number of ether oxygens (including phenoxy) is 1. The summed E-state index contributed by atoms with van der Waals surface area (Å²) in [4.78, 5) is -0.935. The molecule has 3 rings (SSSR count). The summed E-state index contributed by atoms with van der Waals surface area (Å²) in [6.07, 6.45) is 4.13. The first kappa shape index (κ1) is 16.1. The van der Waals surface area contributed by atoms with Gasteiger partial charge in [-0.05, 0) is 24.5 Å². The molecule has 0 aromatic heterocycles. The molecule has 1 aliphatic heterocycles. The molecule has 1 unspecified atom stereocenters. The zero-order valence-corrected chi connectivity index (χ0v) is 14.4. The van der Waals surface area contributed by atoms with E-state index in [1.807, 2.05) is 48.7 Å². The number of hydrogen-bond donors (Lipinski definition) is 0. The minimum absolute atomic E-state index is 0.303. The summed E-state index contributed by atoms with van der Waals surface area (Å²) in [6, 6.07) is 18.1. The van der Waals surface area contributed by atoms with E-state index in [4.69, 9.17) is 4.74 Å². The zero-order chi connectivity index (χ0) is 16.3. The van der Waals surface area contributed by atoms with E-state index in [0.29, 0.717) is 22.8 Å². The van der Waals surface area contributed by atoms with Crippen molar-refractivity contribution in [2.45, 2.75) is 16.2 Å². The van der Waals surface area contributed by atoms with Crippen LogP contribution >= 0.6 is 11.8 Å². The van der Waals surface area contributed by atoms with Crippen LogP contribution in [0.25, 0.3) is 5.76 Å². The Labute approximate surface area is 141 Å². The minimum atomic E-state index is -3.60. The fraction of sp³-hybridized carbons (Fsp3) is 0.222. The van der Waals surface area contributed by atoms with Crippen LogP contribution in [0.3, 0.4) is 0 Å². The van der Waals surface area contributed by atoms with Crippen molar-refractivity contribution in [2.75, 3.05) is 12.0 Å². The van der Waals surface area contributed by atoms with Crippen LogP contribution in [-0.2, 0) is 14.6 Å². The van der Waals surface area contributed by atoms with Crippen LogP contribution in [0.15, 0.2) is 71.6 Å². The Morgan fingerprint density at radius 2 is 1.65 bits per heavy atom. The van der Waals surface area contributed by atoms with Gasteiger partial charge in [0.25, 0.3) is 0 Å². The largest absolute Gasteiger partial charge is 0.469 e. The molecule has 1 atom stereocenters. The third-order valence-corrected chi connectivity index (χ3v) is 7.06. The van der Waals surface area contributed by atoms with Gasteiger partial charge in [0.1, 0.15) is 5.76 Å². The van der Waals surface area contributed by atoms with Gasteiger partial charge in [0.05, 0.1) is 4.90 Å². The van der Waals surface area contributed by atoms with Crippen LogP contribution in [0, 0.1) is 0 Å². The van der Waals surface area contributed by atoms with Crippen LogP contribution in [0.4, 0.5) is 0 Å². The summed E-state index contributed by atoms with van der Waals surface area (Å²) in [6.45, 7) is 0. The van der Waals surface area contributed by atoms with Gasteiger partial charge >= 0.3 is 0 Å². The van der Waals surface area contributed by atoms with Crippen molar-refractivity contribution in [2.24, 2.45) is 0 Å². The van der Waals surface area contributed by atoms with Crippen molar-refractivity contribution in [3.05, 3.63) is 72.3 Å². The van der Waals surface area contributed by atoms with Gasteiger partial charge in [-0.3, -0.25) is 0 Å². The first-order valence-corrected chi connectivity index (χ1v) is 10.2. The van der Waals surface area contributed by atoms with Gasteiger partial charge in [0.2, 0.25) is 14.8 Å². The lowest BCUT2D eigenvalue weighted by Crippen LogP contribution is -2.41. The number of thioether (sulfide) groups is 1. The molecule has 120 valence electrons. The predicted molar refractivity (Wildman–Crippen MR) is 94.9 cm³/mol. The molecule has 5 heteroatoms. The van der Waals surface area contributed by atoms with Crippen molar-refractivity contribution < 1.29 is 13.2 Å². The Bertz CT molecular complexity index is 799. The van der Waals surface area contributed by atoms with E-state index in [2.05, 4.69) is 0 Å². The summed E-state index contributed by atoms with van der Waals surface area (Å²) in [5, 5.41) is 0. The molecule has 0 aliphatic carbocycles. The molecule has 23 heavy (non-hydrogen) atoms. The summed E-state index contributed by atoms with van der Waals surface area (Å²) >= 11 is 1.48. The van der Waals surface area contributed by atoms with E-state index in [1.165, 1.54) is 11.8 Å². The molecule has 1 aliphatic rings. The Kier molecular flexibility index (Phi) is 4.50.